The van der Waals surface area contributed by atoms with Gasteiger partial charge in [0.15, 0.2) is 0 Å². The van der Waals surface area contributed by atoms with Gasteiger partial charge in [0.25, 0.3) is 0 Å². The predicted octanol–water partition coefficient (Wildman–Crippen LogP) is 2.11. The third-order valence-corrected chi connectivity index (χ3v) is 6.60. The average molecular weight is 330 g/mol. The van der Waals surface area contributed by atoms with E-state index < -0.39 is 10.0 Å². The first-order valence-corrected chi connectivity index (χ1v) is 9.47. The maximum absolute atomic E-state index is 11.9. The Morgan fingerprint density at radius 3 is 2.81 bits per heavy atom. The zero-order valence-corrected chi connectivity index (χ0v) is 14.0. The lowest BCUT2D eigenvalue weighted by atomic mass is 9.92. The molecule has 1 amide bonds. The fraction of sp³-hybridized carbons (Fsp3) is 0.643. The molecule has 0 aliphatic heterocycles. The second-order valence-electron chi connectivity index (χ2n) is 6.25. The fourth-order valence-electron chi connectivity index (χ4n) is 2.65. The van der Waals surface area contributed by atoms with Crippen molar-refractivity contribution in [1.82, 2.24) is 10.0 Å². The molecule has 118 valence electrons. The van der Waals surface area contributed by atoms with Gasteiger partial charge in [0.05, 0.1) is 0 Å². The summed E-state index contributed by atoms with van der Waals surface area (Å²) in [7, 11) is -3.47. The van der Waals surface area contributed by atoms with Crippen LogP contribution in [-0.4, -0.2) is 26.9 Å². The van der Waals surface area contributed by atoms with Gasteiger partial charge in [-0.05, 0) is 36.1 Å². The number of amides is 1. The Morgan fingerprint density at radius 1 is 1.48 bits per heavy atom. The molecule has 1 atom stereocenters. The Morgan fingerprint density at radius 2 is 2.24 bits per heavy atom. The summed E-state index contributed by atoms with van der Waals surface area (Å²) < 4.78 is 26.5. The van der Waals surface area contributed by atoms with Crippen LogP contribution in [0.2, 0.25) is 0 Å². The molecule has 2 rings (SSSR count). The molecule has 1 aliphatic rings. The maximum Gasteiger partial charge on any atom is 0.250 e. The molecule has 0 bridgehead atoms. The Labute approximate surface area is 130 Å². The minimum Gasteiger partial charge on any atom is -0.353 e. The molecule has 1 aliphatic carbocycles. The topological polar surface area (TPSA) is 75.3 Å². The molecule has 7 heteroatoms. The van der Waals surface area contributed by atoms with Crippen LogP contribution in [0.3, 0.4) is 0 Å². The molecule has 1 aromatic rings. The summed E-state index contributed by atoms with van der Waals surface area (Å²) in [6, 6.07) is 3.46. The minimum atomic E-state index is -3.47. The summed E-state index contributed by atoms with van der Waals surface area (Å²) in [6.07, 6.45) is 3.27. The molecular weight excluding hydrogens is 308 g/mol. The van der Waals surface area contributed by atoms with Gasteiger partial charge in [-0.25, -0.2) is 13.1 Å². The normalized spacial score (nSPS) is 21.3. The van der Waals surface area contributed by atoms with Crippen LogP contribution in [0.5, 0.6) is 0 Å². The van der Waals surface area contributed by atoms with Gasteiger partial charge in [-0.3, -0.25) is 4.79 Å². The average Bonchev–Trinajstić information content (AvgIpc) is 2.99. The highest BCUT2D eigenvalue weighted by atomic mass is 32.2. The van der Waals surface area contributed by atoms with Crippen molar-refractivity contribution in [2.75, 3.05) is 6.54 Å². The highest BCUT2D eigenvalue weighted by Gasteiger charge is 2.31. The number of carbonyl (C=O) groups excluding carboxylic acids is 1. The molecule has 21 heavy (non-hydrogen) atoms. The van der Waals surface area contributed by atoms with Crippen molar-refractivity contribution in [2.45, 2.75) is 49.8 Å². The number of nitrogens with one attached hydrogen (secondary N) is 2. The summed E-state index contributed by atoms with van der Waals surface area (Å²) in [4.78, 5) is 11.8. The lowest BCUT2D eigenvalue weighted by Crippen LogP contribution is -2.36. The van der Waals surface area contributed by atoms with Crippen molar-refractivity contribution in [3.05, 3.63) is 17.5 Å². The number of hydrogen-bond donors (Lipinski definition) is 2. The lowest BCUT2D eigenvalue weighted by Gasteiger charge is -2.17. The standard InChI is InChI=1S/C14H22N2O3S2/c1-14(2)7-5-11(10-14)16-12(17)6-8-15-21(18,19)13-4-3-9-20-13/h3-4,9,11,15H,5-8,10H2,1-2H3,(H,16,17). The Balaban J connectivity index is 1.73. The fourth-order valence-corrected chi connectivity index (χ4v) is 4.71. The van der Waals surface area contributed by atoms with Gasteiger partial charge in [0, 0.05) is 19.0 Å². The summed E-state index contributed by atoms with van der Waals surface area (Å²) >= 11 is 1.16. The van der Waals surface area contributed by atoms with Crippen molar-refractivity contribution in [3.63, 3.8) is 0 Å². The Kier molecular flexibility index (Phi) is 5.06. The smallest absolute Gasteiger partial charge is 0.250 e. The molecule has 0 saturated heterocycles. The van der Waals surface area contributed by atoms with Crippen molar-refractivity contribution < 1.29 is 13.2 Å². The zero-order chi connectivity index (χ0) is 15.5. The second-order valence-corrected chi connectivity index (χ2v) is 9.19. The SMILES string of the molecule is CC1(C)CCC(NC(=O)CCNS(=O)(=O)c2cccs2)C1. The van der Waals surface area contributed by atoms with Gasteiger partial charge >= 0.3 is 0 Å². The third-order valence-electron chi connectivity index (χ3n) is 3.74. The molecule has 1 aromatic heterocycles. The quantitative estimate of drug-likeness (QED) is 0.839. The van der Waals surface area contributed by atoms with Crippen molar-refractivity contribution >= 4 is 27.3 Å². The van der Waals surface area contributed by atoms with Crippen LogP contribution in [-0.2, 0) is 14.8 Å². The number of rotatable bonds is 6. The first-order chi connectivity index (χ1) is 9.78. The van der Waals surface area contributed by atoms with E-state index in [2.05, 4.69) is 23.9 Å². The van der Waals surface area contributed by atoms with Crippen LogP contribution in [0.15, 0.2) is 21.7 Å². The summed E-state index contributed by atoms with van der Waals surface area (Å²) in [5.41, 5.74) is 0.290. The minimum absolute atomic E-state index is 0.0911. The summed E-state index contributed by atoms with van der Waals surface area (Å²) in [5.74, 6) is -0.0911. The van der Waals surface area contributed by atoms with Gasteiger partial charge in [0.1, 0.15) is 4.21 Å². The monoisotopic (exact) mass is 330 g/mol. The summed E-state index contributed by atoms with van der Waals surface area (Å²) in [6.45, 7) is 4.53. The molecule has 0 aromatic carbocycles. The van der Waals surface area contributed by atoms with Crippen molar-refractivity contribution in [2.24, 2.45) is 5.41 Å². The zero-order valence-electron chi connectivity index (χ0n) is 12.4. The van der Waals surface area contributed by atoms with E-state index in [1.807, 2.05) is 0 Å². The van der Waals surface area contributed by atoms with Crippen molar-refractivity contribution in [3.8, 4) is 0 Å². The third kappa shape index (κ3) is 4.79. The first kappa shape index (κ1) is 16.5. The van der Waals surface area contributed by atoms with Crippen LogP contribution in [0.25, 0.3) is 0 Å². The van der Waals surface area contributed by atoms with Crippen LogP contribution < -0.4 is 10.0 Å². The number of sulfonamides is 1. The van der Waals surface area contributed by atoms with E-state index in [1.54, 1.807) is 17.5 Å². The Hall–Kier alpha value is -0.920. The molecule has 0 radical (unpaired) electrons. The van der Waals surface area contributed by atoms with E-state index in [-0.39, 0.29) is 29.1 Å². The van der Waals surface area contributed by atoms with E-state index >= 15 is 0 Å². The molecular formula is C14H22N2O3S2. The highest BCUT2D eigenvalue weighted by Crippen LogP contribution is 2.36. The molecule has 1 heterocycles. The Bertz CT molecular complexity index is 579. The van der Waals surface area contributed by atoms with Crippen LogP contribution >= 0.6 is 11.3 Å². The second kappa shape index (κ2) is 6.46. The molecule has 1 saturated carbocycles. The van der Waals surface area contributed by atoms with E-state index in [0.717, 1.165) is 30.6 Å². The van der Waals surface area contributed by atoms with E-state index in [1.165, 1.54) is 0 Å². The lowest BCUT2D eigenvalue weighted by molar-refractivity contribution is -0.121. The van der Waals surface area contributed by atoms with Gasteiger partial charge in [-0.1, -0.05) is 19.9 Å². The van der Waals surface area contributed by atoms with Gasteiger partial charge in [0.2, 0.25) is 15.9 Å². The number of carbonyl (C=O) groups is 1. The number of thiophene rings is 1. The largest absolute Gasteiger partial charge is 0.353 e. The van der Waals surface area contributed by atoms with Gasteiger partial charge in [-0.2, -0.15) is 0 Å². The maximum atomic E-state index is 11.9. The van der Waals surface area contributed by atoms with E-state index in [9.17, 15) is 13.2 Å². The molecule has 0 spiro atoms. The van der Waals surface area contributed by atoms with E-state index in [0.29, 0.717) is 5.41 Å². The van der Waals surface area contributed by atoms with Gasteiger partial charge < -0.3 is 5.32 Å². The summed E-state index contributed by atoms with van der Waals surface area (Å²) in [5, 5.41) is 4.70. The van der Waals surface area contributed by atoms with Crippen LogP contribution in [0, 0.1) is 5.41 Å². The van der Waals surface area contributed by atoms with E-state index in [4.69, 9.17) is 0 Å². The van der Waals surface area contributed by atoms with Crippen LogP contribution in [0.1, 0.15) is 39.5 Å². The predicted molar refractivity (Wildman–Crippen MR) is 83.7 cm³/mol. The molecule has 1 fully saturated rings. The molecule has 1 unspecified atom stereocenters. The van der Waals surface area contributed by atoms with Crippen LogP contribution in [0.4, 0.5) is 0 Å². The van der Waals surface area contributed by atoms with Crippen molar-refractivity contribution in [1.29, 1.82) is 0 Å². The molecule has 2 N–H and O–H groups in total. The number of hydrogen-bond acceptors (Lipinski definition) is 4. The molecule has 5 nitrogen and oxygen atoms in total. The first-order valence-electron chi connectivity index (χ1n) is 7.11. The highest BCUT2D eigenvalue weighted by molar-refractivity contribution is 7.91. The van der Waals surface area contributed by atoms with Gasteiger partial charge in [-0.15, -0.1) is 11.3 Å².